The van der Waals surface area contributed by atoms with Gasteiger partial charge in [-0.25, -0.2) is 27.8 Å². The smallest absolute Gasteiger partial charge is 0.149 e. The van der Waals surface area contributed by atoms with Gasteiger partial charge in [0.15, 0.2) is 0 Å². The lowest BCUT2D eigenvalue weighted by molar-refractivity contribution is 0.239. The molecule has 5 aromatic rings. The molecule has 0 saturated carbocycles. The number of anilines is 2. The van der Waals surface area contributed by atoms with Crippen molar-refractivity contribution in [1.29, 1.82) is 0 Å². The number of benzene rings is 3. The fourth-order valence-corrected chi connectivity index (χ4v) is 7.15. The first-order valence-corrected chi connectivity index (χ1v) is 17.0. The number of aromatic nitrogens is 3. The highest BCUT2D eigenvalue weighted by molar-refractivity contribution is 7.90. The zero-order valence-corrected chi connectivity index (χ0v) is 26.3. The zero-order chi connectivity index (χ0) is 30.6. The van der Waals surface area contributed by atoms with E-state index < -0.39 is 9.84 Å². The molecular weight excluding hydrogens is 609 g/mol. The highest BCUT2D eigenvalue weighted by atomic mass is 35.5. The van der Waals surface area contributed by atoms with Crippen molar-refractivity contribution in [3.63, 3.8) is 0 Å². The van der Waals surface area contributed by atoms with Crippen LogP contribution in [0.3, 0.4) is 0 Å². The van der Waals surface area contributed by atoms with Gasteiger partial charge >= 0.3 is 0 Å². The monoisotopic (exact) mass is 639 g/mol. The van der Waals surface area contributed by atoms with Crippen molar-refractivity contribution in [2.24, 2.45) is 0 Å². The molecule has 2 heterocycles. The maximum Gasteiger partial charge on any atom is 0.149 e. The van der Waals surface area contributed by atoms with Gasteiger partial charge in [0.25, 0.3) is 0 Å². The SMILES string of the molecule is CCN(CC)[C@@H](CS(C)(=O)=O)c1cnc(-c2ccc3ncnc(Nc4ccc(OCc5cccc(F)c5)c(Cl)c4)c3c2)s1. The average Bonchev–Trinajstić information content (AvgIpc) is 3.47. The first-order valence-electron chi connectivity index (χ1n) is 13.7. The topological polar surface area (TPSA) is 97.3 Å². The Kier molecular flexibility index (Phi) is 9.55. The lowest BCUT2D eigenvalue weighted by atomic mass is 10.1. The summed E-state index contributed by atoms with van der Waals surface area (Å²) < 4.78 is 43.7. The van der Waals surface area contributed by atoms with Gasteiger partial charge in [0.2, 0.25) is 0 Å². The van der Waals surface area contributed by atoms with E-state index in [4.69, 9.17) is 16.3 Å². The van der Waals surface area contributed by atoms with Crippen LogP contribution in [0.25, 0.3) is 21.5 Å². The molecule has 224 valence electrons. The molecule has 2 aromatic heterocycles. The standard InChI is InChI=1S/C31H31ClFN5O3S2/c1-4-38(5-2)27(18-43(3,39)40)29-16-34-31(42-29)21-9-11-26-24(14-21)30(36-19-35-26)37-23-10-12-28(25(32)15-23)41-17-20-7-6-8-22(33)13-20/h6-16,19,27H,4-5,17-18H2,1-3H3,(H,35,36,37)/t27-/m0/s1. The quantitative estimate of drug-likeness (QED) is 0.152. The molecule has 3 aromatic carbocycles. The molecule has 0 bridgehead atoms. The maximum atomic E-state index is 13.5. The molecular formula is C31H31ClFN5O3S2. The second-order valence-electron chi connectivity index (χ2n) is 10.0. The predicted octanol–water partition coefficient (Wildman–Crippen LogP) is 7.30. The fraction of sp³-hybridized carbons (Fsp3) is 0.258. The summed E-state index contributed by atoms with van der Waals surface area (Å²) in [5.41, 5.74) is 3.02. The van der Waals surface area contributed by atoms with Crippen LogP contribution >= 0.6 is 22.9 Å². The minimum Gasteiger partial charge on any atom is -0.487 e. The Hall–Kier alpha value is -3.64. The van der Waals surface area contributed by atoms with Crippen molar-refractivity contribution in [1.82, 2.24) is 19.9 Å². The van der Waals surface area contributed by atoms with Crippen LogP contribution in [0.4, 0.5) is 15.9 Å². The first kappa shape index (κ1) is 30.8. The van der Waals surface area contributed by atoms with Crippen molar-refractivity contribution in [3.05, 3.63) is 94.5 Å². The minimum atomic E-state index is -3.20. The molecule has 8 nitrogen and oxygen atoms in total. The van der Waals surface area contributed by atoms with Crippen LogP contribution in [0.1, 0.15) is 30.3 Å². The Morgan fingerprint density at radius 2 is 1.86 bits per heavy atom. The first-order chi connectivity index (χ1) is 20.6. The van der Waals surface area contributed by atoms with Crippen molar-refractivity contribution < 1.29 is 17.5 Å². The van der Waals surface area contributed by atoms with Gasteiger partial charge in [-0.15, -0.1) is 11.3 Å². The number of sulfone groups is 1. The summed E-state index contributed by atoms with van der Waals surface area (Å²) in [4.78, 5) is 16.6. The molecule has 0 amide bonds. The van der Waals surface area contributed by atoms with E-state index in [0.29, 0.717) is 27.8 Å². The van der Waals surface area contributed by atoms with E-state index in [1.165, 1.54) is 36.1 Å². The number of halogens is 2. The van der Waals surface area contributed by atoms with Gasteiger partial charge in [-0.05, 0) is 67.2 Å². The molecule has 0 fully saturated rings. The Labute approximate surface area is 259 Å². The summed E-state index contributed by atoms with van der Waals surface area (Å²) in [7, 11) is -3.20. The zero-order valence-electron chi connectivity index (χ0n) is 23.9. The molecule has 5 rings (SSSR count). The molecule has 0 unspecified atom stereocenters. The Balaban J connectivity index is 1.38. The van der Waals surface area contributed by atoms with E-state index >= 15 is 0 Å². The Morgan fingerprint density at radius 3 is 2.58 bits per heavy atom. The van der Waals surface area contributed by atoms with Crippen LogP contribution in [0.5, 0.6) is 5.75 Å². The normalized spacial score (nSPS) is 12.5. The second kappa shape index (κ2) is 13.3. The van der Waals surface area contributed by atoms with Gasteiger partial charge in [0, 0.05) is 34.0 Å². The number of nitrogens with zero attached hydrogens (tertiary/aromatic N) is 4. The third kappa shape index (κ3) is 7.66. The molecule has 0 radical (unpaired) electrons. The number of rotatable bonds is 12. The van der Waals surface area contributed by atoms with E-state index in [9.17, 15) is 12.8 Å². The highest BCUT2D eigenvalue weighted by Gasteiger charge is 2.25. The minimum absolute atomic E-state index is 0.0349. The molecule has 0 spiro atoms. The summed E-state index contributed by atoms with van der Waals surface area (Å²) in [6.45, 7) is 5.71. The van der Waals surface area contributed by atoms with Crippen LogP contribution in [-0.4, -0.2) is 53.4 Å². The number of hydrogen-bond donors (Lipinski definition) is 1. The fourth-order valence-electron chi connectivity index (χ4n) is 4.80. The second-order valence-corrected chi connectivity index (χ2v) is 13.7. The van der Waals surface area contributed by atoms with Crippen molar-refractivity contribution in [2.45, 2.75) is 26.5 Å². The van der Waals surface area contributed by atoms with Crippen LogP contribution in [-0.2, 0) is 16.4 Å². The third-order valence-corrected chi connectivity index (χ3v) is 9.29. The lowest BCUT2D eigenvalue weighted by Crippen LogP contribution is -2.32. The molecule has 0 aliphatic carbocycles. The van der Waals surface area contributed by atoms with Crippen molar-refractivity contribution in [3.8, 4) is 16.3 Å². The van der Waals surface area contributed by atoms with Crippen molar-refractivity contribution in [2.75, 3.05) is 30.4 Å². The number of ether oxygens (including phenoxy) is 1. The molecule has 1 atom stereocenters. The number of nitrogens with one attached hydrogen (secondary N) is 1. The largest absolute Gasteiger partial charge is 0.487 e. The predicted molar refractivity (Wildman–Crippen MR) is 171 cm³/mol. The average molecular weight is 640 g/mol. The van der Waals surface area contributed by atoms with E-state index in [-0.39, 0.29) is 24.2 Å². The van der Waals surface area contributed by atoms with Crippen LogP contribution in [0.15, 0.2) is 73.2 Å². The number of fused-ring (bicyclic) bond motifs is 1. The van der Waals surface area contributed by atoms with Crippen LogP contribution in [0, 0.1) is 5.82 Å². The summed E-state index contributed by atoms with van der Waals surface area (Å²) in [6, 6.07) is 17.1. The summed E-state index contributed by atoms with van der Waals surface area (Å²) in [6.07, 6.45) is 4.53. The van der Waals surface area contributed by atoms with Gasteiger partial charge in [-0.1, -0.05) is 37.6 Å². The van der Waals surface area contributed by atoms with E-state index in [1.54, 1.807) is 30.5 Å². The van der Waals surface area contributed by atoms with Crippen LogP contribution < -0.4 is 10.1 Å². The lowest BCUT2D eigenvalue weighted by Gasteiger charge is -2.27. The van der Waals surface area contributed by atoms with E-state index in [0.717, 1.165) is 39.4 Å². The Bertz CT molecular complexity index is 1850. The summed E-state index contributed by atoms with van der Waals surface area (Å²) in [5, 5.41) is 5.28. The van der Waals surface area contributed by atoms with Gasteiger partial charge in [-0.2, -0.15) is 0 Å². The summed E-state index contributed by atoms with van der Waals surface area (Å²) in [5.74, 6) is 0.779. The molecule has 0 aliphatic heterocycles. The van der Waals surface area contributed by atoms with Gasteiger partial charge in [0.1, 0.15) is 45.2 Å². The highest BCUT2D eigenvalue weighted by Crippen LogP contribution is 2.35. The molecule has 12 heteroatoms. The van der Waals surface area contributed by atoms with Gasteiger partial charge < -0.3 is 10.1 Å². The summed E-state index contributed by atoms with van der Waals surface area (Å²) >= 11 is 8.00. The molecule has 0 aliphatic rings. The molecule has 43 heavy (non-hydrogen) atoms. The molecule has 0 saturated heterocycles. The van der Waals surface area contributed by atoms with E-state index in [2.05, 4.69) is 25.2 Å². The van der Waals surface area contributed by atoms with Gasteiger partial charge in [-0.3, -0.25) is 4.90 Å². The van der Waals surface area contributed by atoms with Gasteiger partial charge in [0.05, 0.1) is 22.3 Å². The number of thiazole rings is 1. The maximum absolute atomic E-state index is 13.5. The third-order valence-electron chi connectivity index (χ3n) is 6.93. The number of hydrogen-bond acceptors (Lipinski definition) is 9. The van der Waals surface area contributed by atoms with E-state index in [1.807, 2.05) is 38.1 Å². The molecule has 1 N–H and O–H groups in total. The van der Waals surface area contributed by atoms with Crippen molar-refractivity contribution >= 4 is 55.2 Å². The van der Waals surface area contributed by atoms with Crippen LogP contribution in [0.2, 0.25) is 5.02 Å². The Morgan fingerprint density at radius 1 is 1.05 bits per heavy atom.